The highest BCUT2D eigenvalue weighted by Crippen LogP contribution is 2.41. The molecule has 2 rings (SSSR count). The van der Waals surface area contributed by atoms with E-state index >= 15 is 0 Å². The molecular formula is C15H19NS. The quantitative estimate of drug-likeness (QED) is 0.734. The van der Waals surface area contributed by atoms with Gasteiger partial charge in [0.05, 0.1) is 11.5 Å². The third kappa shape index (κ3) is 2.50. The Kier molecular flexibility index (Phi) is 4.12. The van der Waals surface area contributed by atoms with E-state index in [9.17, 15) is 5.26 Å². The van der Waals surface area contributed by atoms with Gasteiger partial charge in [-0.2, -0.15) is 17.0 Å². The zero-order valence-electron chi connectivity index (χ0n) is 10.4. The number of fused-ring (bicyclic) bond motifs is 1. The molecule has 0 aliphatic heterocycles. The normalized spacial score (nSPS) is 22.1. The zero-order valence-corrected chi connectivity index (χ0v) is 11.2. The summed E-state index contributed by atoms with van der Waals surface area (Å²) in [4.78, 5) is 0. The fourth-order valence-corrected chi connectivity index (χ4v) is 3.38. The van der Waals surface area contributed by atoms with Crippen LogP contribution in [-0.4, -0.2) is 11.5 Å². The zero-order chi connectivity index (χ0) is 12.1. The van der Waals surface area contributed by atoms with E-state index in [4.69, 9.17) is 0 Å². The number of benzene rings is 1. The Labute approximate surface area is 108 Å². The van der Waals surface area contributed by atoms with Crippen molar-refractivity contribution in [2.45, 2.75) is 38.0 Å². The van der Waals surface area contributed by atoms with Gasteiger partial charge in [-0.3, -0.25) is 0 Å². The van der Waals surface area contributed by atoms with Gasteiger partial charge in [-0.25, -0.2) is 0 Å². The van der Waals surface area contributed by atoms with Gasteiger partial charge >= 0.3 is 0 Å². The van der Waals surface area contributed by atoms with Crippen LogP contribution < -0.4 is 0 Å². The minimum atomic E-state index is -0.190. The maximum atomic E-state index is 9.56. The van der Waals surface area contributed by atoms with Crippen LogP contribution in [0.2, 0.25) is 0 Å². The lowest BCUT2D eigenvalue weighted by Gasteiger charge is -2.22. The van der Waals surface area contributed by atoms with E-state index in [1.165, 1.54) is 22.6 Å². The van der Waals surface area contributed by atoms with Gasteiger partial charge in [-0.15, -0.1) is 0 Å². The molecule has 0 amide bonds. The maximum absolute atomic E-state index is 9.56. The predicted octanol–water partition coefficient (Wildman–Crippen LogP) is 3.93. The number of hydrogen-bond donors (Lipinski definition) is 0. The molecule has 17 heavy (non-hydrogen) atoms. The molecule has 90 valence electrons. The van der Waals surface area contributed by atoms with Gasteiger partial charge in [0.2, 0.25) is 0 Å². The lowest BCUT2D eigenvalue weighted by molar-refractivity contribution is 0.495. The Bertz CT molecular complexity index is 421. The standard InChI is InChI=1S/C15H19NS/c1-2-17-11-5-9-15(12-16)10-8-13-6-3-4-7-14(13)15/h3-4,6-7H,2,5,8-11H2,1H3. The van der Waals surface area contributed by atoms with Gasteiger partial charge in [0.1, 0.15) is 0 Å². The Hall–Kier alpha value is -0.940. The van der Waals surface area contributed by atoms with Gasteiger partial charge in [-0.1, -0.05) is 31.2 Å². The highest BCUT2D eigenvalue weighted by molar-refractivity contribution is 7.99. The summed E-state index contributed by atoms with van der Waals surface area (Å²) in [6.07, 6.45) is 4.26. The third-order valence-corrected chi connectivity index (χ3v) is 4.65. The molecule has 0 spiro atoms. The van der Waals surface area contributed by atoms with Crippen molar-refractivity contribution in [3.63, 3.8) is 0 Å². The van der Waals surface area contributed by atoms with Crippen molar-refractivity contribution in [2.24, 2.45) is 0 Å². The number of nitriles is 1. The van der Waals surface area contributed by atoms with Crippen LogP contribution in [0, 0.1) is 11.3 Å². The molecule has 0 bridgehead atoms. The Balaban J connectivity index is 2.09. The molecule has 1 aromatic carbocycles. The molecule has 1 atom stereocenters. The SMILES string of the molecule is CCSCCCC1(C#N)CCc2ccccc21. The summed E-state index contributed by atoms with van der Waals surface area (Å²) in [7, 11) is 0. The smallest absolute Gasteiger partial charge is 0.0828 e. The molecule has 1 aliphatic rings. The van der Waals surface area contributed by atoms with Crippen LogP contribution >= 0.6 is 11.8 Å². The largest absolute Gasteiger partial charge is 0.197 e. The van der Waals surface area contributed by atoms with Crippen molar-refractivity contribution in [3.05, 3.63) is 35.4 Å². The minimum Gasteiger partial charge on any atom is -0.197 e. The Morgan fingerprint density at radius 1 is 1.41 bits per heavy atom. The molecule has 0 saturated heterocycles. The van der Waals surface area contributed by atoms with Crippen LogP contribution in [0.3, 0.4) is 0 Å². The van der Waals surface area contributed by atoms with E-state index < -0.39 is 0 Å². The van der Waals surface area contributed by atoms with Gasteiger partial charge in [0, 0.05) is 0 Å². The summed E-state index contributed by atoms with van der Waals surface area (Å²) in [5.41, 5.74) is 2.49. The second kappa shape index (κ2) is 5.60. The van der Waals surface area contributed by atoms with Crippen LogP contribution in [0.15, 0.2) is 24.3 Å². The second-order valence-corrected chi connectivity index (χ2v) is 6.05. The molecule has 0 aromatic heterocycles. The lowest BCUT2D eigenvalue weighted by Crippen LogP contribution is -2.20. The molecule has 0 saturated carbocycles. The van der Waals surface area contributed by atoms with Crippen molar-refractivity contribution in [1.29, 1.82) is 5.26 Å². The van der Waals surface area contributed by atoms with Crippen LogP contribution in [0.5, 0.6) is 0 Å². The monoisotopic (exact) mass is 245 g/mol. The van der Waals surface area contributed by atoms with Crippen molar-refractivity contribution >= 4 is 11.8 Å². The van der Waals surface area contributed by atoms with Crippen LogP contribution in [-0.2, 0) is 11.8 Å². The highest BCUT2D eigenvalue weighted by atomic mass is 32.2. The maximum Gasteiger partial charge on any atom is 0.0828 e. The number of hydrogen-bond acceptors (Lipinski definition) is 2. The molecule has 2 heteroatoms. The van der Waals surface area contributed by atoms with E-state index in [0.717, 1.165) is 25.7 Å². The fraction of sp³-hybridized carbons (Fsp3) is 0.533. The molecule has 0 fully saturated rings. The molecule has 1 nitrogen and oxygen atoms in total. The van der Waals surface area contributed by atoms with Gasteiger partial charge in [0.15, 0.2) is 0 Å². The topological polar surface area (TPSA) is 23.8 Å². The van der Waals surface area contributed by atoms with Crippen molar-refractivity contribution in [3.8, 4) is 6.07 Å². The lowest BCUT2D eigenvalue weighted by atomic mass is 9.79. The van der Waals surface area contributed by atoms with E-state index in [2.05, 4.69) is 37.3 Å². The summed E-state index contributed by atoms with van der Waals surface area (Å²) in [5.74, 6) is 2.36. The van der Waals surface area contributed by atoms with Crippen molar-refractivity contribution in [2.75, 3.05) is 11.5 Å². The Morgan fingerprint density at radius 3 is 3.00 bits per heavy atom. The molecule has 1 aliphatic carbocycles. The first kappa shape index (κ1) is 12.5. The van der Waals surface area contributed by atoms with E-state index in [1.807, 2.05) is 11.8 Å². The van der Waals surface area contributed by atoms with Crippen LogP contribution in [0.4, 0.5) is 0 Å². The molecule has 0 radical (unpaired) electrons. The number of thioether (sulfide) groups is 1. The summed E-state index contributed by atoms with van der Waals surface area (Å²) >= 11 is 1.97. The fourth-order valence-electron chi connectivity index (χ4n) is 2.74. The molecule has 0 N–H and O–H groups in total. The summed E-state index contributed by atoms with van der Waals surface area (Å²) in [5, 5.41) is 9.56. The molecular weight excluding hydrogens is 226 g/mol. The molecule has 1 unspecified atom stereocenters. The van der Waals surface area contributed by atoms with Gasteiger partial charge in [0.25, 0.3) is 0 Å². The average molecular weight is 245 g/mol. The molecule has 1 aromatic rings. The van der Waals surface area contributed by atoms with E-state index in [-0.39, 0.29) is 5.41 Å². The number of nitrogens with zero attached hydrogens (tertiary/aromatic N) is 1. The second-order valence-electron chi connectivity index (χ2n) is 4.65. The van der Waals surface area contributed by atoms with E-state index in [1.54, 1.807) is 0 Å². The summed E-state index contributed by atoms with van der Waals surface area (Å²) in [6.45, 7) is 2.19. The highest BCUT2D eigenvalue weighted by Gasteiger charge is 2.37. The van der Waals surface area contributed by atoms with Crippen molar-refractivity contribution < 1.29 is 0 Å². The van der Waals surface area contributed by atoms with Gasteiger partial charge < -0.3 is 0 Å². The van der Waals surface area contributed by atoms with Crippen LogP contribution in [0.1, 0.15) is 37.3 Å². The van der Waals surface area contributed by atoms with E-state index in [0.29, 0.717) is 0 Å². The first-order chi connectivity index (χ1) is 8.32. The number of aryl methyl sites for hydroxylation is 1. The molecule has 0 heterocycles. The van der Waals surface area contributed by atoms with Crippen molar-refractivity contribution in [1.82, 2.24) is 0 Å². The summed E-state index contributed by atoms with van der Waals surface area (Å²) < 4.78 is 0. The Morgan fingerprint density at radius 2 is 2.24 bits per heavy atom. The van der Waals surface area contributed by atoms with Gasteiger partial charge in [-0.05, 0) is 48.3 Å². The third-order valence-electron chi connectivity index (χ3n) is 3.66. The minimum absolute atomic E-state index is 0.190. The first-order valence-corrected chi connectivity index (χ1v) is 7.55. The summed E-state index contributed by atoms with van der Waals surface area (Å²) in [6, 6.07) is 11.1. The number of rotatable bonds is 5. The van der Waals surface area contributed by atoms with Crippen LogP contribution in [0.25, 0.3) is 0 Å². The predicted molar refractivity (Wildman–Crippen MR) is 74.3 cm³/mol. The average Bonchev–Trinajstić information content (AvgIpc) is 2.75. The first-order valence-electron chi connectivity index (χ1n) is 6.40.